The van der Waals surface area contributed by atoms with E-state index < -0.39 is 0 Å². The number of aliphatic hydroxyl groups is 1. The molecule has 1 aromatic heterocycles. The SMILES string of the molecule is Cc1ccc(-n2nc(N)c(CCO)c2N)cc1. The largest absolute Gasteiger partial charge is 0.396 e. The van der Waals surface area contributed by atoms with Crippen LogP contribution in [0.1, 0.15) is 11.1 Å². The molecule has 0 amide bonds. The fourth-order valence-electron chi connectivity index (χ4n) is 1.73. The van der Waals surface area contributed by atoms with E-state index >= 15 is 0 Å². The third-order valence-electron chi connectivity index (χ3n) is 2.69. The van der Waals surface area contributed by atoms with E-state index in [1.807, 2.05) is 31.2 Å². The number of aromatic nitrogens is 2. The Morgan fingerprint density at radius 1 is 1.24 bits per heavy atom. The van der Waals surface area contributed by atoms with E-state index in [1.165, 1.54) is 5.56 Å². The molecule has 1 heterocycles. The summed E-state index contributed by atoms with van der Waals surface area (Å²) >= 11 is 0. The first-order valence-electron chi connectivity index (χ1n) is 5.44. The first-order valence-corrected chi connectivity index (χ1v) is 5.44. The van der Waals surface area contributed by atoms with Crippen LogP contribution in [0.3, 0.4) is 0 Å². The van der Waals surface area contributed by atoms with E-state index in [9.17, 15) is 0 Å². The fourth-order valence-corrected chi connectivity index (χ4v) is 1.73. The minimum absolute atomic E-state index is 0.00793. The van der Waals surface area contributed by atoms with Gasteiger partial charge in [-0.05, 0) is 19.1 Å². The molecule has 0 aliphatic rings. The number of nitrogens with zero attached hydrogens (tertiary/aromatic N) is 2. The van der Waals surface area contributed by atoms with Gasteiger partial charge in [-0.1, -0.05) is 17.7 Å². The smallest absolute Gasteiger partial charge is 0.151 e. The first-order chi connectivity index (χ1) is 8.13. The highest BCUT2D eigenvalue weighted by atomic mass is 16.3. The third-order valence-corrected chi connectivity index (χ3v) is 2.69. The number of hydrogen-bond acceptors (Lipinski definition) is 4. The second kappa shape index (κ2) is 4.47. The zero-order chi connectivity index (χ0) is 12.4. The maximum Gasteiger partial charge on any atom is 0.151 e. The van der Waals surface area contributed by atoms with Crippen LogP contribution in [0.25, 0.3) is 5.69 Å². The molecule has 90 valence electrons. The lowest BCUT2D eigenvalue weighted by Crippen LogP contribution is -2.03. The van der Waals surface area contributed by atoms with Gasteiger partial charge in [0.25, 0.3) is 0 Å². The van der Waals surface area contributed by atoms with Crippen LogP contribution in [0, 0.1) is 6.92 Å². The van der Waals surface area contributed by atoms with Crippen molar-refractivity contribution in [2.75, 3.05) is 18.1 Å². The quantitative estimate of drug-likeness (QED) is 0.732. The molecule has 0 spiro atoms. The standard InChI is InChI=1S/C12H16N4O/c1-8-2-4-9(5-3-8)16-12(14)10(6-7-17)11(13)15-16/h2-5,17H,6-7,14H2,1H3,(H2,13,15). The maximum atomic E-state index is 8.94. The summed E-state index contributed by atoms with van der Waals surface area (Å²) in [5, 5.41) is 13.1. The van der Waals surface area contributed by atoms with Crippen molar-refractivity contribution in [2.45, 2.75) is 13.3 Å². The average Bonchev–Trinajstić information content (AvgIpc) is 2.59. The van der Waals surface area contributed by atoms with E-state index in [0.717, 1.165) is 5.69 Å². The lowest BCUT2D eigenvalue weighted by atomic mass is 10.2. The number of anilines is 2. The minimum Gasteiger partial charge on any atom is -0.396 e. The molecule has 0 aliphatic heterocycles. The van der Waals surface area contributed by atoms with Crippen LogP contribution in [0.4, 0.5) is 11.6 Å². The predicted octanol–water partition coefficient (Wildman–Crippen LogP) is 0.880. The lowest BCUT2D eigenvalue weighted by molar-refractivity contribution is 0.300. The number of aryl methyl sites for hydroxylation is 1. The number of nitrogen functional groups attached to an aromatic ring is 2. The van der Waals surface area contributed by atoms with Gasteiger partial charge in [0.1, 0.15) is 5.82 Å². The summed E-state index contributed by atoms with van der Waals surface area (Å²) in [6.07, 6.45) is 0.420. The number of aliphatic hydroxyl groups excluding tert-OH is 1. The molecule has 0 radical (unpaired) electrons. The summed E-state index contributed by atoms with van der Waals surface area (Å²) in [6.45, 7) is 2.02. The molecule has 1 aromatic carbocycles. The molecule has 2 rings (SSSR count). The Labute approximate surface area is 99.7 Å². The summed E-state index contributed by atoms with van der Waals surface area (Å²) in [5.74, 6) is 0.859. The summed E-state index contributed by atoms with van der Waals surface area (Å²) in [6, 6.07) is 7.83. The Morgan fingerprint density at radius 3 is 2.47 bits per heavy atom. The molecule has 0 fully saturated rings. The van der Waals surface area contributed by atoms with E-state index in [-0.39, 0.29) is 6.61 Å². The van der Waals surface area contributed by atoms with Crippen LogP contribution < -0.4 is 11.5 Å². The Balaban J connectivity index is 2.46. The van der Waals surface area contributed by atoms with Gasteiger partial charge >= 0.3 is 0 Å². The fraction of sp³-hybridized carbons (Fsp3) is 0.250. The highest BCUT2D eigenvalue weighted by molar-refractivity contribution is 5.58. The number of hydrogen-bond donors (Lipinski definition) is 3. The van der Waals surface area contributed by atoms with E-state index in [0.29, 0.717) is 23.6 Å². The summed E-state index contributed by atoms with van der Waals surface area (Å²) in [7, 11) is 0. The summed E-state index contributed by atoms with van der Waals surface area (Å²) < 4.78 is 1.60. The number of nitrogens with two attached hydrogens (primary N) is 2. The van der Waals surface area contributed by atoms with Gasteiger partial charge in [-0.2, -0.15) is 0 Å². The van der Waals surface area contributed by atoms with E-state index in [1.54, 1.807) is 4.68 Å². The molecule has 0 bridgehead atoms. The van der Waals surface area contributed by atoms with Crippen molar-refractivity contribution >= 4 is 11.6 Å². The highest BCUT2D eigenvalue weighted by Crippen LogP contribution is 2.23. The molecule has 2 aromatic rings. The maximum absolute atomic E-state index is 8.94. The molecule has 0 unspecified atom stereocenters. The van der Waals surface area contributed by atoms with Crippen LogP contribution in [0.2, 0.25) is 0 Å². The van der Waals surface area contributed by atoms with Crippen LogP contribution in [0.5, 0.6) is 0 Å². The normalized spacial score (nSPS) is 10.7. The molecule has 5 N–H and O–H groups in total. The van der Waals surface area contributed by atoms with Crippen molar-refractivity contribution in [2.24, 2.45) is 0 Å². The molecule has 0 atom stereocenters. The van der Waals surface area contributed by atoms with Gasteiger partial charge in [-0.25, -0.2) is 4.68 Å². The van der Waals surface area contributed by atoms with Crippen LogP contribution >= 0.6 is 0 Å². The van der Waals surface area contributed by atoms with Crippen molar-refractivity contribution in [1.82, 2.24) is 9.78 Å². The minimum atomic E-state index is 0.00793. The number of rotatable bonds is 3. The zero-order valence-corrected chi connectivity index (χ0v) is 9.72. The van der Waals surface area contributed by atoms with E-state index in [4.69, 9.17) is 16.6 Å². The molecule has 0 saturated heterocycles. The molecule has 0 aliphatic carbocycles. The van der Waals surface area contributed by atoms with Crippen LogP contribution in [-0.2, 0) is 6.42 Å². The Bertz CT molecular complexity index is 516. The summed E-state index contributed by atoms with van der Waals surface area (Å²) in [4.78, 5) is 0. The topological polar surface area (TPSA) is 90.1 Å². The second-order valence-corrected chi connectivity index (χ2v) is 3.97. The van der Waals surface area contributed by atoms with Crippen molar-refractivity contribution in [3.63, 3.8) is 0 Å². The Morgan fingerprint density at radius 2 is 1.88 bits per heavy atom. The molecular formula is C12H16N4O. The molecule has 0 saturated carbocycles. The molecule has 17 heavy (non-hydrogen) atoms. The van der Waals surface area contributed by atoms with Gasteiger partial charge in [-0.15, -0.1) is 5.10 Å². The molecule has 5 nitrogen and oxygen atoms in total. The predicted molar refractivity (Wildman–Crippen MR) is 67.9 cm³/mol. The van der Waals surface area contributed by atoms with Crippen molar-refractivity contribution in [3.8, 4) is 5.69 Å². The van der Waals surface area contributed by atoms with Gasteiger partial charge in [0.15, 0.2) is 5.82 Å². The van der Waals surface area contributed by atoms with Gasteiger partial charge in [0, 0.05) is 18.6 Å². The van der Waals surface area contributed by atoms with Gasteiger partial charge in [-0.3, -0.25) is 0 Å². The monoisotopic (exact) mass is 232 g/mol. The van der Waals surface area contributed by atoms with Crippen LogP contribution in [-0.4, -0.2) is 21.5 Å². The van der Waals surface area contributed by atoms with Gasteiger partial charge in [0.05, 0.1) is 5.69 Å². The van der Waals surface area contributed by atoms with Crippen molar-refractivity contribution < 1.29 is 5.11 Å². The third kappa shape index (κ3) is 2.09. The van der Waals surface area contributed by atoms with Crippen molar-refractivity contribution in [3.05, 3.63) is 35.4 Å². The van der Waals surface area contributed by atoms with Crippen LogP contribution in [0.15, 0.2) is 24.3 Å². The van der Waals surface area contributed by atoms with Crippen molar-refractivity contribution in [1.29, 1.82) is 0 Å². The Kier molecular flexibility index (Phi) is 3.01. The zero-order valence-electron chi connectivity index (χ0n) is 9.72. The molecular weight excluding hydrogens is 216 g/mol. The molecule has 5 heteroatoms. The lowest BCUT2D eigenvalue weighted by Gasteiger charge is -2.04. The first kappa shape index (κ1) is 11.5. The second-order valence-electron chi connectivity index (χ2n) is 3.97. The number of benzene rings is 1. The van der Waals surface area contributed by atoms with E-state index in [2.05, 4.69) is 5.10 Å². The Hall–Kier alpha value is -2.01. The average molecular weight is 232 g/mol. The summed E-state index contributed by atoms with van der Waals surface area (Å²) in [5.41, 5.74) is 14.5. The van der Waals surface area contributed by atoms with Gasteiger partial charge in [0.2, 0.25) is 0 Å². The highest BCUT2D eigenvalue weighted by Gasteiger charge is 2.13. The van der Waals surface area contributed by atoms with Gasteiger partial charge < -0.3 is 16.6 Å².